The molecule has 17 heavy (non-hydrogen) atoms. The number of nitrogens with zero attached hydrogens (tertiary/aromatic N) is 1. The van der Waals surface area contributed by atoms with Crippen LogP contribution in [-0.2, 0) is 9.59 Å². The molecule has 3 nitrogen and oxygen atoms in total. The molecule has 0 aromatic heterocycles. The van der Waals surface area contributed by atoms with Crippen molar-refractivity contribution < 1.29 is 9.59 Å². The lowest BCUT2D eigenvalue weighted by Crippen LogP contribution is -2.46. The minimum Gasteiger partial charge on any atom is -0.277 e. The van der Waals surface area contributed by atoms with Gasteiger partial charge in [0.05, 0.1) is 5.54 Å². The molecule has 0 spiro atoms. The Balaban J connectivity index is 2.40. The van der Waals surface area contributed by atoms with E-state index in [2.05, 4.69) is 0 Å². The number of hydrogen-bond donors (Lipinski definition) is 0. The predicted octanol–water partition coefficient (Wildman–Crippen LogP) is 2.33. The van der Waals surface area contributed by atoms with Crippen molar-refractivity contribution in [1.82, 2.24) is 4.90 Å². The highest BCUT2D eigenvalue weighted by Crippen LogP contribution is 2.42. The number of amides is 2. The molecule has 0 aliphatic carbocycles. The molecule has 0 saturated carbocycles. The molecular formula is C14H17NO2. The lowest BCUT2D eigenvalue weighted by molar-refractivity contribution is -0.144. The van der Waals surface area contributed by atoms with Gasteiger partial charge in [0.2, 0.25) is 11.8 Å². The van der Waals surface area contributed by atoms with E-state index in [1.165, 1.54) is 11.8 Å². The zero-order valence-corrected chi connectivity index (χ0v) is 10.4. The summed E-state index contributed by atoms with van der Waals surface area (Å²) in [5.41, 5.74) is 0.680. The SMILES string of the molecule is CC(=O)N1C(=O)CC(c2ccccc2)C1(C)C. The summed E-state index contributed by atoms with van der Waals surface area (Å²) in [5, 5.41) is 0. The van der Waals surface area contributed by atoms with E-state index in [0.29, 0.717) is 6.42 Å². The highest BCUT2D eigenvalue weighted by Gasteiger charge is 2.48. The monoisotopic (exact) mass is 231 g/mol. The molecule has 2 rings (SSSR count). The van der Waals surface area contributed by atoms with Crippen LogP contribution in [0, 0.1) is 0 Å². The maximum absolute atomic E-state index is 11.9. The van der Waals surface area contributed by atoms with Gasteiger partial charge >= 0.3 is 0 Å². The predicted molar refractivity (Wildman–Crippen MR) is 65.4 cm³/mol. The summed E-state index contributed by atoms with van der Waals surface area (Å²) in [6, 6.07) is 9.92. The van der Waals surface area contributed by atoms with E-state index in [0.717, 1.165) is 5.56 Å². The molecule has 1 aliphatic heterocycles. The minimum absolute atomic E-state index is 0.0728. The molecular weight excluding hydrogens is 214 g/mol. The molecule has 1 fully saturated rings. The molecule has 1 saturated heterocycles. The maximum atomic E-state index is 11.9. The molecule has 1 aliphatic rings. The number of benzene rings is 1. The largest absolute Gasteiger partial charge is 0.277 e. The second-order valence-electron chi connectivity index (χ2n) is 5.07. The summed E-state index contributed by atoms with van der Waals surface area (Å²) in [4.78, 5) is 24.9. The van der Waals surface area contributed by atoms with Crippen LogP contribution in [0.5, 0.6) is 0 Å². The number of likely N-dealkylation sites (tertiary alicyclic amines) is 1. The van der Waals surface area contributed by atoms with Crippen LogP contribution in [-0.4, -0.2) is 22.3 Å². The highest BCUT2D eigenvalue weighted by molar-refractivity contribution is 5.97. The average molecular weight is 231 g/mol. The van der Waals surface area contributed by atoms with Crippen LogP contribution >= 0.6 is 0 Å². The zero-order valence-electron chi connectivity index (χ0n) is 10.4. The van der Waals surface area contributed by atoms with Crippen LogP contribution in [0.4, 0.5) is 0 Å². The van der Waals surface area contributed by atoms with Crippen molar-refractivity contribution in [3.05, 3.63) is 35.9 Å². The molecule has 1 aromatic rings. The Bertz CT molecular complexity index is 451. The molecule has 1 unspecified atom stereocenters. The number of carbonyl (C=O) groups is 2. The number of carbonyl (C=O) groups excluding carboxylic acids is 2. The fourth-order valence-electron chi connectivity index (χ4n) is 2.79. The molecule has 1 heterocycles. The molecule has 90 valence electrons. The van der Waals surface area contributed by atoms with E-state index in [4.69, 9.17) is 0 Å². The fourth-order valence-corrected chi connectivity index (χ4v) is 2.79. The van der Waals surface area contributed by atoms with Gasteiger partial charge in [-0.1, -0.05) is 30.3 Å². The van der Waals surface area contributed by atoms with E-state index in [1.54, 1.807) is 0 Å². The lowest BCUT2D eigenvalue weighted by atomic mass is 9.83. The standard InChI is InChI=1S/C14H17NO2/c1-10(16)15-13(17)9-12(14(15,2)3)11-7-5-4-6-8-11/h4-8,12H,9H2,1-3H3. The first-order valence-corrected chi connectivity index (χ1v) is 5.83. The molecule has 3 heteroatoms. The van der Waals surface area contributed by atoms with Crippen molar-refractivity contribution in [2.75, 3.05) is 0 Å². The van der Waals surface area contributed by atoms with Crippen LogP contribution < -0.4 is 0 Å². The quantitative estimate of drug-likeness (QED) is 0.744. The average Bonchev–Trinajstić information content (AvgIpc) is 2.49. The maximum Gasteiger partial charge on any atom is 0.230 e. The van der Waals surface area contributed by atoms with Crippen LogP contribution in [0.15, 0.2) is 30.3 Å². The third kappa shape index (κ3) is 1.86. The fraction of sp³-hybridized carbons (Fsp3) is 0.429. The van der Waals surface area contributed by atoms with E-state index in [-0.39, 0.29) is 17.7 Å². The van der Waals surface area contributed by atoms with Gasteiger partial charge in [-0.2, -0.15) is 0 Å². The molecule has 0 N–H and O–H groups in total. The summed E-state index contributed by atoms with van der Waals surface area (Å²) < 4.78 is 0. The van der Waals surface area contributed by atoms with E-state index < -0.39 is 5.54 Å². The first-order chi connectivity index (χ1) is 7.94. The Hall–Kier alpha value is -1.64. The zero-order chi connectivity index (χ0) is 12.6. The van der Waals surface area contributed by atoms with Crippen molar-refractivity contribution in [1.29, 1.82) is 0 Å². The molecule has 2 amide bonds. The van der Waals surface area contributed by atoms with Gasteiger partial charge in [0.1, 0.15) is 0 Å². The Morgan fingerprint density at radius 1 is 1.29 bits per heavy atom. The molecule has 1 aromatic carbocycles. The Labute approximate surface area is 101 Å². The third-order valence-corrected chi connectivity index (χ3v) is 3.57. The summed E-state index contributed by atoms with van der Waals surface area (Å²) in [7, 11) is 0. The van der Waals surface area contributed by atoms with Crippen molar-refractivity contribution in [2.24, 2.45) is 0 Å². The lowest BCUT2D eigenvalue weighted by Gasteiger charge is -2.34. The second kappa shape index (κ2) is 3.99. The van der Waals surface area contributed by atoms with Gasteiger partial charge in [-0.25, -0.2) is 0 Å². The third-order valence-electron chi connectivity index (χ3n) is 3.57. The summed E-state index contributed by atoms with van der Waals surface area (Å²) in [5.74, 6) is -0.158. The number of hydrogen-bond acceptors (Lipinski definition) is 2. The van der Waals surface area contributed by atoms with Gasteiger partial charge in [0.25, 0.3) is 0 Å². The van der Waals surface area contributed by atoms with E-state index >= 15 is 0 Å². The van der Waals surface area contributed by atoms with Gasteiger partial charge in [0, 0.05) is 19.3 Å². The summed E-state index contributed by atoms with van der Waals surface area (Å²) in [6.45, 7) is 5.36. The van der Waals surface area contributed by atoms with Gasteiger partial charge in [-0.3, -0.25) is 14.5 Å². The first-order valence-electron chi connectivity index (χ1n) is 5.83. The molecule has 0 bridgehead atoms. The normalized spacial score (nSPS) is 22.9. The van der Waals surface area contributed by atoms with Crippen molar-refractivity contribution >= 4 is 11.8 Å². The van der Waals surface area contributed by atoms with E-state index in [1.807, 2.05) is 44.2 Å². The summed E-state index contributed by atoms with van der Waals surface area (Å²) in [6.07, 6.45) is 0.413. The van der Waals surface area contributed by atoms with Crippen LogP contribution in [0.25, 0.3) is 0 Å². The van der Waals surface area contributed by atoms with Crippen molar-refractivity contribution in [3.8, 4) is 0 Å². The van der Waals surface area contributed by atoms with Gasteiger partial charge in [-0.15, -0.1) is 0 Å². The van der Waals surface area contributed by atoms with E-state index in [9.17, 15) is 9.59 Å². The smallest absolute Gasteiger partial charge is 0.230 e. The highest BCUT2D eigenvalue weighted by atomic mass is 16.2. The first kappa shape index (κ1) is 11.8. The van der Waals surface area contributed by atoms with Crippen LogP contribution in [0.1, 0.15) is 38.7 Å². The Morgan fingerprint density at radius 3 is 2.35 bits per heavy atom. The Kier molecular flexibility index (Phi) is 2.77. The molecule has 1 atom stereocenters. The minimum atomic E-state index is -0.440. The van der Waals surface area contributed by atoms with Crippen molar-refractivity contribution in [2.45, 2.75) is 38.6 Å². The number of rotatable bonds is 1. The summed E-state index contributed by atoms with van der Waals surface area (Å²) >= 11 is 0. The van der Waals surface area contributed by atoms with Crippen LogP contribution in [0.2, 0.25) is 0 Å². The van der Waals surface area contributed by atoms with Gasteiger partial charge in [-0.05, 0) is 19.4 Å². The van der Waals surface area contributed by atoms with Crippen molar-refractivity contribution in [3.63, 3.8) is 0 Å². The Morgan fingerprint density at radius 2 is 1.88 bits per heavy atom. The second-order valence-corrected chi connectivity index (χ2v) is 5.07. The van der Waals surface area contributed by atoms with Crippen LogP contribution in [0.3, 0.4) is 0 Å². The number of imide groups is 1. The molecule has 0 radical (unpaired) electrons. The van der Waals surface area contributed by atoms with Gasteiger partial charge in [0.15, 0.2) is 0 Å². The van der Waals surface area contributed by atoms with Gasteiger partial charge < -0.3 is 0 Å². The topological polar surface area (TPSA) is 37.4 Å².